The fraction of sp³-hybridized carbons (Fsp3) is 0.889. The van der Waals surface area contributed by atoms with E-state index in [2.05, 4.69) is 6.92 Å². The third kappa shape index (κ3) is 8.40. The number of aliphatic carboxylic acids is 1. The van der Waals surface area contributed by atoms with E-state index in [1.807, 2.05) is 20.8 Å². The minimum absolute atomic E-state index is 0.130. The first-order valence-electron chi connectivity index (χ1n) is 8.77. The van der Waals surface area contributed by atoms with Crippen LogP contribution in [0.5, 0.6) is 0 Å². The van der Waals surface area contributed by atoms with Gasteiger partial charge in [0.15, 0.2) is 0 Å². The van der Waals surface area contributed by atoms with E-state index in [0.717, 1.165) is 19.3 Å². The Labute approximate surface area is 135 Å². The molecule has 0 amide bonds. The zero-order valence-electron chi connectivity index (χ0n) is 14.8. The highest BCUT2D eigenvalue weighted by Gasteiger charge is 2.40. The van der Waals surface area contributed by atoms with Crippen LogP contribution in [0.3, 0.4) is 0 Å². The quantitative estimate of drug-likeness (QED) is 0.391. The Kier molecular flexibility index (Phi) is 10.9. The number of esters is 1. The van der Waals surface area contributed by atoms with E-state index in [9.17, 15) is 14.7 Å². The molecule has 1 N–H and O–H groups in total. The van der Waals surface area contributed by atoms with Gasteiger partial charge in [-0.1, -0.05) is 66.2 Å². The maximum atomic E-state index is 12.4. The predicted molar refractivity (Wildman–Crippen MR) is 88.8 cm³/mol. The van der Waals surface area contributed by atoms with Crippen molar-refractivity contribution in [3.05, 3.63) is 0 Å². The average molecular weight is 314 g/mol. The van der Waals surface area contributed by atoms with E-state index < -0.39 is 11.4 Å². The molecular weight excluding hydrogens is 280 g/mol. The number of unbranched alkanes of at least 4 members (excludes halogenated alkanes) is 5. The maximum Gasteiger partial charge on any atom is 0.312 e. The van der Waals surface area contributed by atoms with Gasteiger partial charge in [0.25, 0.3) is 0 Å². The molecule has 22 heavy (non-hydrogen) atoms. The molecule has 0 saturated carbocycles. The number of carbonyl (C=O) groups excluding carboxylic acids is 1. The molecule has 0 heterocycles. The summed E-state index contributed by atoms with van der Waals surface area (Å²) in [5.41, 5.74) is -0.856. The second kappa shape index (κ2) is 11.5. The zero-order chi connectivity index (χ0) is 17.0. The van der Waals surface area contributed by atoms with Crippen LogP contribution in [0.25, 0.3) is 0 Å². The minimum Gasteiger partial charge on any atom is -0.481 e. The van der Waals surface area contributed by atoms with Crippen molar-refractivity contribution in [2.75, 3.05) is 6.61 Å². The molecule has 4 nitrogen and oxygen atoms in total. The summed E-state index contributed by atoms with van der Waals surface area (Å²) in [4.78, 5) is 23.6. The topological polar surface area (TPSA) is 63.6 Å². The number of carboxylic acids is 1. The third-order valence-corrected chi connectivity index (χ3v) is 4.16. The number of rotatable bonds is 13. The lowest BCUT2D eigenvalue weighted by atomic mass is 9.77. The van der Waals surface area contributed by atoms with Crippen molar-refractivity contribution in [2.45, 2.75) is 85.5 Å². The Bertz CT molecular complexity index is 325. The highest BCUT2D eigenvalue weighted by molar-refractivity contribution is 5.82. The molecule has 0 aromatic carbocycles. The van der Waals surface area contributed by atoms with Crippen molar-refractivity contribution in [1.82, 2.24) is 0 Å². The van der Waals surface area contributed by atoms with Crippen LogP contribution in [0.15, 0.2) is 0 Å². The van der Waals surface area contributed by atoms with Crippen molar-refractivity contribution >= 4 is 11.9 Å². The molecule has 0 rings (SSSR count). The van der Waals surface area contributed by atoms with Gasteiger partial charge >= 0.3 is 11.9 Å². The van der Waals surface area contributed by atoms with Crippen molar-refractivity contribution in [3.63, 3.8) is 0 Å². The van der Waals surface area contributed by atoms with E-state index in [-0.39, 0.29) is 18.3 Å². The monoisotopic (exact) mass is 314 g/mol. The van der Waals surface area contributed by atoms with Gasteiger partial charge in [-0.3, -0.25) is 9.59 Å². The summed E-state index contributed by atoms with van der Waals surface area (Å²) in [6, 6.07) is 0. The highest BCUT2D eigenvalue weighted by atomic mass is 16.5. The van der Waals surface area contributed by atoms with Gasteiger partial charge in [-0.2, -0.15) is 0 Å². The van der Waals surface area contributed by atoms with Crippen LogP contribution in [0.4, 0.5) is 0 Å². The summed E-state index contributed by atoms with van der Waals surface area (Å²) in [6.07, 6.45) is 7.76. The van der Waals surface area contributed by atoms with Crippen molar-refractivity contribution < 1.29 is 19.4 Å². The molecular formula is C18H34O4. The molecule has 1 atom stereocenters. The van der Waals surface area contributed by atoms with Crippen LogP contribution in [-0.4, -0.2) is 23.7 Å². The normalized spacial score (nSPS) is 13.9. The second-order valence-corrected chi connectivity index (χ2v) is 6.71. The lowest BCUT2D eigenvalue weighted by Crippen LogP contribution is -2.35. The SMILES string of the molecule is CCCCCCCCC(CC)(CC(=O)O)C(=O)OCC(C)C. The summed E-state index contributed by atoms with van der Waals surface area (Å²) in [5.74, 6) is -0.994. The van der Waals surface area contributed by atoms with Gasteiger partial charge in [0.2, 0.25) is 0 Å². The minimum atomic E-state index is -0.922. The molecule has 0 fully saturated rings. The lowest BCUT2D eigenvalue weighted by molar-refractivity contribution is -0.163. The van der Waals surface area contributed by atoms with E-state index in [0.29, 0.717) is 19.4 Å². The van der Waals surface area contributed by atoms with Crippen LogP contribution < -0.4 is 0 Å². The van der Waals surface area contributed by atoms with Crippen molar-refractivity contribution in [3.8, 4) is 0 Å². The van der Waals surface area contributed by atoms with Crippen LogP contribution in [-0.2, 0) is 14.3 Å². The fourth-order valence-electron chi connectivity index (χ4n) is 2.64. The third-order valence-electron chi connectivity index (χ3n) is 4.16. The molecule has 0 aliphatic rings. The van der Waals surface area contributed by atoms with Gasteiger partial charge in [0.1, 0.15) is 0 Å². The fourth-order valence-corrected chi connectivity index (χ4v) is 2.64. The van der Waals surface area contributed by atoms with Gasteiger partial charge in [0, 0.05) is 0 Å². The molecule has 130 valence electrons. The largest absolute Gasteiger partial charge is 0.481 e. The summed E-state index contributed by atoms with van der Waals surface area (Å²) in [5, 5.41) is 9.17. The molecule has 4 heteroatoms. The van der Waals surface area contributed by atoms with E-state index in [4.69, 9.17) is 4.74 Å². The second-order valence-electron chi connectivity index (χ2n) is 6.71. The highest BCUT2D eigenvalue weighted by Crippen LogP contribution is 2.35. The molecule has 0 aromatic rings. The van der Waals surface area contributed by atoms with E-state index in [1.165, 1.54) is 19.3 Å². The molecule has 0 aliphatic heterocycles. The van der Waals surface area contributed by atoms with Crippen molar-refractivity contribution in [2.24, 2.45) is 11.3 Å². The lowest BCUT2D eigenvalue weighted by Gasteiger charge is -2.29. The Balaban J connectivity index is 4.57. The van der Waals surface area contributed by atoms with Gasteiger partial charge in [-0.15, -0.1) is 0 Å². The molecule has 1 unspecified atom stereocenters. The summed E-state index contributed by atoms with van der Waals surface area (Å²) >= 11 is 0. The van der Waals surface area contributed by atoms with Gasteiger partial charge < -0.3 is 9.84 Å². The summed E-state index contributed by atoms with van der Waals surface area (Å²) < 4.78 is 5.35. The Morgan fingerprint density at radius 3 is 2.14 bits per heavy atom. The first-order chi connectivity index (χ1) is 10.4. The van der Waals surface area contributed by atoms with Gasteiger partial charge in [-0.05, 0) is 18.8 Å². The number of ether oxygens (including phenoxy) is 1. The van der Waals surface area contributed by atoms with Gasteiger partial charge in [0.05, 0.1) is 18.4 Å². The molecule has 0 aromatic heterocycles. The zero-order valence-corrected chi connectivity index (χ0v) is 14.8. The van der Waals surface area contributed by atoms with Crippen LogP contribution in [0, 0.1) is 11.3 Å². The number of carboxylic acid groups (broad SMARTS) is 1. The molecule has 0 spiro atoms. The van der Waals surface area contributed by atoms with Crippen LogP contribution in [0.1, 0.15) is 85.5 Å². The smallest absolute Gasteiger partial charge is 0.312 e. The average Bonchev–Trinajstić information content (AvgIpc) is 2.46. The number of hydrogen-bond donors (Lipinski definition) is 1. The number of hydrogen-bond acceptors (Lipinski definition) is 3. The van der Waals surface area contributed by atoms with Crippen LogP contribution >= 0.6 is 0 Å². The van der Waals surface area contributed by atoms with E-state index >= 15 is 0 Å². The first kappa shape index (κ1) is 20.9. The standard InChI is InChI=1S/C18H34O4/c1-5-7-8-9-10-11-12-18(6-2,13-16(19)20)17(21)22-14-15(3)4/h15H,5-14H2,1-4H3,(H,19,20). The Morgan fingerprint density at radius 1 is 1.05 bits per heavy atom. The summed E-state index contributed by atoms with van der Waals surface area (Å²) in [6.45, 7) is 8.38. The molecule has 0 radical (unpaired) electrons. The first-order valence-corrected chi connectivity index (χ1v) is 8.77. The molecule has 0 aliphatic carbocycles. The van der Waals surface area contributed by atoms with Gasteiger partial charge in [-0.25, -0.2) is 0 Å². The maximum absolute atomic E-state index is 12.4. The molecule has 0 saturated heterocycles. The number of carbonyl (C=O) groups is 2. The Morgan fingerprint density at radius 2 is 1.64 bits per heavy atom. The molecule has 0 bridgehead atoms. The van der Waals surface area contributed by atoms with Crippen LogP contribution in [0.2, 0.25) is 0 Å². The Hall–Kier alpha value is -1.06. The van der Waals surface area contributed by atoms with E-state index in [1.54, 1.807) is 0 Å². The summed E-state index contributed by atoms with van der Waals surface area (Å²) in [7, 11) is 0. The predicted octanol–water partition coefficient (Wildman–Crippen LogP) is 4.81. The van der Waals surface area contributed by atoms with Crippen molar-refractivity contribution in [1.29, 1.82) is 0 Å².